The molecule has 0 radical (unpaired) electrons. The summed E-state index contributed by atoms with van der Waals surface area (Å²) in [6.45, 7) is 5.85. The Morgan fingerprint density at radius 3 is 2.42 bits per heavy atom. The van der Waals surface area contributed by atoms with E-state index in [1.54, 1.807) is 20.8 Å². The number of hydrogen-bond acceptors (Lipinski definition) is 5. The lowest BCUT2D eigenvalue weighted by Gasteiger charge is -2.22. The van der Waals surface area contributed by atoms with E-state index in [0.717, 1.165) is 5.56 Å². The van der Waals surface area contributed by atoms with Crippen molar-refractivity contribution in [3.05, 3.63) is 35.9 Å². The minimum Gasteiger partial charge on any atom is -0.460 e. The molecule has 0 unspecified atom stereocenters. The molecule has 6 heteroatoms. The summed E-state index contributed by atoms with van der Waals surface area (Å²) in [5.74, 6) is -0.394. The van der Waals surface area contributed by atoms with Crippen LogP contribution in [0.1, 0.15) is 32.8 Å². The Hall–Kier alpha value is -2.08. The lowest BCUT2D eigenvalue weighted by molar-refractivity contribution is -0.155. The van der Waals surface area contributed by atoms with Gasteiger partial charge in [0.2, 0.25) is 0 Å². The van der Waals surface area contributed by atoms with Gasteiger partial charge in [-0.3, -0.25) is 4.79 Å². The normalized spacial score (nSPS) is 12.3. The molecule has 134 valence electrons. The van der Waals surface area contributed by atoms with E-state index in [1.165, 1.54) is 7.11 Å². The summed E-state index contributed by atoms with van der Waals surface area (Å²) in [4.78, 5) is 23.7. The highest BCUT2D eigenvalue weighted by atomic mass is 16.6. The lowest BCUT2D eigenvalue weighted by Crippen LogP contribution is -2.41. The zero-order valence-corrected chi connectivity index (χ0v) is 14.8. The number of benzene rings is 1. The van der Waals surface area contributed by atoms with Crippen LogP contribution in [-0.2, 0) is 25.4 Å². The molecule has 1 aromatic carbocycles. The van der Waals surface area contributed by atoms with Crippen molar-refractivity contribution in [3.63, 3.8) is 0 Å². The van der Waals surface area contributed by atoms with Crippen LogP contribution in [0.5, 0.6) is 0 Å². The Balaban J connectivity index is 2.37. The van der Waals surface area contributed by atoms with E-state index < -0.39 is 23.7 Å². The molecule has 1 amide bonds. The van der Waals surface area contributed by atoms with Gasteiger partial charge in [0, 0.05) is 13.5 Å². The van der Waals surface area contributed by atoms with Gasteiger partial charge >= 0.3 is 12.1 Å². The number of carbonyl (C=O) groups excluding carboxylic acids is 2. The van der Waals surface area contributed by atoms with Gasteiger partial charge in [-0.15, -0.1) is 0 Å². The first-order chi connectivity index (χ1) is 11.3. The van der Waals surface area contributed by atoms with Crippen LogP contribution in [-0.4, -0.2) is 44.0 Å². The Kier molecular flexibility index (Phi) is 8.26. The van der Waals surface area contributed by atoms with E-state index in [1.807, 2.05) is 30.3 Å². The van der Waals surface area contributed by atoms with Crippen LogP contribution in [0.25, 0.3) is 0 Å². The van der Waals surface area contributed by atoms with Gasteiger partial charge in [0.15, 0.2) is 0 Å². The fourth-order valence-corrected chi connectivity index (χ4v) is 2.05. The third kappa shape index (κ3) is 9.15. The summed E-state index contributed by atoms with van der Waals surface area (Å²) in [6.07, 6.45) is 0.0882. The minimum atomic E-state index is -0.573. The molecular weight excluding hydrogens is 310 g/mol. The maximum absolute atomic E-state index is 11.9. The molecular formula is C18H27NO5. The smallest absolute Gasteiger partial charge is 0.407 e. The lowest BCUT2D eigenvalue weighted by atomic mass is 10.2. The average Bonchev–Trinajstić information content (AvgIpc) is 2.46. The summed E-state index contributed by atoms with van der Waals surface area (Å²) >= 11 is 0. The summed E-state index contributed by atoms with van der Waals surface area (Å²) < 4.78 is 15.4. The zero-order valence-electron chi connectivity index (χ0n) is 14.8. The van der Waals surface area contributed by atoms with Gasteiger partial charge in [0.05, 0.1) is 25.7 Å². The minimum absolute atomic E-state index is 0.0267. The van der Waals surface area contributed by atoms with E-state index in [0.29, 0.717) is 6.42 Å². The van der Waals surface area contributed by atoms with Crippen LogP contribution in [0.2, 0.25) is 0 Å². The van der Waals surface area contributed by atoms with Crippen LogP contribution in [0, 0.1) is 0 Å². The highest BCUT2D eigenvalue weighted by molar-refractivity contribution is 5.73. The van der Waals surface area contributed by atoms with E-state index in [-0.39, 0.29) is 19.6 Å². The SMILES string of the molecule is COC[C@H](CC(=O)OC(C)(C)C)NC(=O)OCCc1ccccc1. The number of nitrogens with one attached hydrogen (secondary N) is 1. The van der Waals surface area contributed by atoms with Gasteiger partial charge < -0.3 is 19.5 Å². The number of ether oxygens (including phenoxy) is 3. The molecule has 0 saturated carbocycles. The van der Waals surface area contributed by atoms with Crippen molar-refractivity contribution in [1.29, 1.82) is 0 Å². The summed E-state index contributed by atoms with van der Waals surface area (Å²) in [7, 11) is 1.50. The monoisotopic (exact) mass is 337 g/mol. The van der Waals surface area contributed by atoms with Crippen LogP contribution in [0.4, 0.5) is 4.79 Å². The number of esters is 1. The predicted molar refractivity (Wildman–Crippen MR) is 90.8 cm³/mol. The van der Waals surface area contributed by atoms with Crippen molar-refractivity contribution in [2.24, 2.45) is 0 Å². The third-order valence-electron chi connectivity index (χ3n) is 2.99. The molecule has 1 aromatic rings. The van der Waals surface area contributed by atoms with Crippen molar-refractivity contribution in [3.8, 4) is 0 Å². The molecule has 1 N–H and O–H groups in total. The van der Waals surface area contributed by atoms with Gasteiger partial charge in [-0.2, -0.15) is 0 Å². The van der Waals surface area contributed by atoms with Crippen LogP contribution in [0.15, 0.2) is 30.3 Å². The highest BCUT2D eigenvalue weighted by Gasteiger charge is 2.22. The largest absolute Gasteiger partial charge is 0.460 e. The molecule has 24 heavy (non-hydrogen) atoms. The number of alkyl carbamates (subject to hydrolysis) is 1. The fourth-order valence-electron chi connectivity index (χ4n) is 2.05. The first-order valence-corrected chi connectivity index (χ1v) is 7.98. The topological polar surface area (TPSA) is 73.9 Å². The second-order valence-electron chi connectivity index (χ2n) is 6.46. The molecule has 0 bridgehead atoms. The number of carbonyl (C=O) groups is 2. The summed E-state index contributed by atoms with van der Waals surface area (Å²) in [5, 5.41) is 2.63. The average molecular weight is 337 g/mol. The Morgan fingerprint density at radius 1 is 1.17 bits per heavy atom. The first-order valence-electron chi connectivity index (χ1n) is 7.98. The predicted octanol–water partition coefficient (Wildman–Crippen LogP) is 2.70. The summed E-state index contributed by atoms with van der Waals surface area (Å²) in [6, 6.07) is 9.25. The van der Waals surface area contributed by atoms with Crippen molar-refractivity contribution >= 4 is 12.1 Å². The molecule has 0 fully saturated rings. The van der Waals surface area contributed by atoms with Gasteiger partial charge in [0.25, 0.3) is 0 Å². The quantitative estimate of drug-likeness (QED) is 0.738. The Labute approximate surface area is 143 Å². The molecule has 0 saturated heterocycles. The Bertz CT molecular complexity index is 510. The van der Waals surface area contributed by atoms with E-state index in [2.05, 4.69) is 5.32 Å². The molecule has 0 aliphatic rings. The highest BCUT2D eigenvalue weighted by Crippen LogP contribution is 2.09. The molecule has 1 rings (SSSR count). The van der Waals surface area contributed by atoms with Gasteiger partial charge in [-0.25, -0.2) is 4.79 Å². The number of rotatable bonds is 8. The van der Waals surface area contributed by atoms with Crippen molar-refractivity contribution in [1.82, 2.24) is 5.32 Å². The molecule has 0 spiro atoms. The third-order valence-corrected chi connectivity index (χ3v) is 2.99. The molecule has 0 aliphatic carbocycles. The van der Waals surface area contributed by atoms with E-state index >= 15 is 0 Å². The second kappa shape index (κ2) is 9.93. The van der Waals surface area contributed by atoms with Crippen LogP contribution >= 0.6 is 0 Å². The van der Waals surface area contributed by atoms with E-state index in [4.69, 9.17) is 14.2 Å². The summed E-state index contributed by atoms with van der Waals surface area (Å²) in [5.41, 5.74) is 0.526. The fraction of sp³-hybridized carbons (Fsp3) is 0.556. The second-order valence-corrected chi connectivity index (χ2v) is 6.46. The standard InChI is InChI=1S/C18H27NO5/c1-18(2,3)24-16(20)12-15(13-22-4)19-17(21)23-11-10-14-8-6-5-7-9-14/h5-9,15H,10-13H2,1-4H3,(H,19,21)/t15-/m0/s1. The molecule has 0 heterocycles. The maximum Gasteiger partial charge on any atom is 0.407 e. The van der Waals surface area contributed by atoms with Gasteiger partial charge in [-0.1, -0.05) is 30.3 Å². The number of methoxy groups -OCH3 is 1. The first kappa shape index (κ1) is 20.0. The maximum atomic E-state index is 11.9. The molecule has 0 aliphatic heterocycles. The van der Waals surface area contributed by atoms with Crippen molar-refractivity contribution < 1.29 is 23.8 Å². The van der Waals surface area contributed by atoms with Crippen molar-refractivity contribution in [2.75, 3.05) is 20.3 Å². The van der Waals surface area contributed by atoms with Crippen LogP contribution < -0.4 is 5.32 Å². The number of hydrogen-bond donors (Lipinski definition) is 1. The van der Waals surface area contributed by atoms with Crippen LogP contribution in [0.3, 0.4) is 0 Å². The van der Waals surface area contributed by atoms with Crippen molar-refractivity contribution in [2.45, 2.75) is 45.3 Å². The zero-order chi connectivity index (χ0) is 18.0. The van der Waals surface area contributed by atoms with Gasteiger partial charge in [0.1, 0.15) is 5.60 Å². The molecule has 1 atom stereocenters. The van der Waals surface area contributed by atoms with Gasteiger partial charge in [-0.05, 0) is 26.3 Å². The molecule has 0 aromatic heterocycles. The molecule has 6 nitrogen and oxygen atoms in total. The Morgan fingerprint density at radius 2 is 1.83 bits per heavy atom. The number of amides is 1. The van der Waals surface area contributed by atoms with E-state index in [9.17, 15) is 9.59 Å².